The lowest BCUT2D eigenvalue weighted by molar-refractivity contribution is -0.145. The fraction of sp³-hybridized carbons (Fsp3) is 0.652. The highest BCUT2D eigenvalue weighted by atomic mass is 16.2. The van der Waals surface area contributed by atoms with Crippen molar-refractivity contribution in [3.05, 3.63) is 35.4 Å². The second kappa shape index (κ2) is 7.86. The SMILES string of the molecule is Cc1cccc(C(=O)N2CCC3(CCCN(C)C3C(=O)N3CCCC3)CC2)c1. The van der Waals surface area contributed by atoms with Crippen LogP contribution in [0.1, 0.15) is 54.4 Å². The summed E-state index contributed by atoms with van der Waals surface area (Å²) < 4.78 is 0. The van der Waals surface area contributed by atoms with Crippen molar-refractivity contribution in [1.29, 1.82) is 0 Å². The number of nitrogens with zero attached hydrogens (tertiary/aromatic N) is 3. The van der Waals surface area contributed by atoms with E-state index in [-0.39, 0.29) is 17.4 Å². The van der Waals surface area contributed by atoms with Crippen LogP contribution < -0.4 is 0 Å². The molecule has 1 spiro atoms. The Hall–Kier alpha value is -1.88. The van der Waals surface area contributed by atoms with E-state index in [4.69, 9.17) is 0 Å². The third-order valence-electron chi connectivity index (χ3n) is 7.17. The van der Waals surface area contributed by atoms with Gasteiger partial charge in [0.05, 0.1) is 6.04 Å². The minimum Gasteiger partial charge on any atom is -0.341 e. The Morgan fingerprint density at radius 1 is 0.929 bits per heavy atom. The number of benzene rings is 1. The normalized spacial score (nSPS) is 25.3. The minimum absolute atomic E-state index is 0.0180. The van der Waals surface area contributed by atoms with Crippen LogP contribution in [0.15, 0.2) is 24.3 Å². The average molecular weight is 384 g/mol. The number of amides is 2. The molecular formula is C23H33N3O2. The van der Waals surface area contributed by atoms with Gasteiger partial charge in [0.15, 0.2) is 0 Å². The van der Waals surface area contributed by atoms with Crippen LogP contribution >= 0.6 is 0 Å². The van der Waals surface area contributed by atoms with Gasteiger partial charge in [-0.1, -0.05) is 17.7 Å². The Bertz CT molecular complexity index is 733. The van der Waals surface area contributed by atoms with Gasteiger partial charge in [0.2, 0.25) is 5.91 Å². The van der Waals surface area contributed by atoms with Crippen molar-refractivity contribution in [2.75, 3.05) is 39.8 Å². The highest BCUT2D eigenvalue weighted by Gasteiger charge is 2.50. The number of likely N-dealkylation sites (tertiary alicyclic amines) is 3. The van der Waals surface area contributed by atoms with Gasteiger partial charge in [-0.05, 0) is 76.6 Å². The van der Waals surface area contributed by atoms with Crippen LogP contribution in [0, 0.1) is 12.3 Å². The Balaban J connectivity index is 1.49. The molecule has 28 heavy (non-hydrogen) atoms. The van der Waals surface area contributed by atoms with Crippen molar-refractivity contribution in [2.24, 2.45) is 5.41 Å². The van der Waals surface area contributed by atoms with E-state index in [2.05, 4.69) is 16.8 Å². The molecule has 0 bridgehead atoms. The summed E-state index contributed by atoms with van der Waals surface area (Å²) in [5.41, 5.74) is 1.92. The van der Waals surface area contributed by atoms with Gasteiger partial charge in [-0.2, -0.15) is 0 Å². The monoisotopic (exact) mass is 383 g/mol. The van der Waals surface area contributed by atoms with Crippen molar-refractivity contribution in [1.82, 2.24) is 14.7 Å². The molecule has 3 aliphatic rings. The number of hydrogen-bond acceptors (Lipinski definition) is 3. The fourth-order valence-electron chi connectivity index (χ4n) is 5.61. The van der Waals surface area contributed by atoms with Gasteiger partial charge in [-0.25, -0.2) is 0 Å². The van der Waals surface area contributed by atoms with E-state index in [1.165, 1.54) is 0 Å². The first kappa shape index (κ1) is 19.4. The Kier molecular flexibility index (Phi) is 5.46. The zero-order chi connectivity index (χ0) is 19.7. The first-order valence-electron chi connectivity index (χ1n) is 10.9. The van der Waals surface area contributed by atoms with Crippen LogP contribution in [-0.4, -0.2) is 72.3 Å². The van der Waals surface area contributed by atoms with Gasteiger partial charge < -0.3 is 9.80 Å². The van der Waals surface area contributed by atoms with Crippen LogP contribution in [0.2, 0.25) is 0 Å². The van der Waals surface area contributed by atoms with Crippen LogP contribution in [0.25, 0.3) is 0 Å². The maximum atomic E-state index is 13.4. The number of piperidine rings is 2. The van der Waals surface area contributed by atoms with E-state index in [1.54, 1.807) is 0 Å². The molecule has 0 aromatic heterocycles. The predicted octanol–water partition coefficient (Wildman–Crippen LogP) is 2.93. The van der Waals surface area contributed by atoms with Gasteiger partial charge in [0, 0.05) is 31.7 Å². The molecule has 1 aromatic carbocycles. The first-order chi connectivity index (χ1) is 13.5. The van der Waals surface area contributed by atoms with E-state index >= 15 is 0 Å². The molecule has 0 aliphatic carbocycles. The molecule has 3 heterocycles. The van der Waals surface area contributed by atoms with Crippen molar-refractivity contribution >= 4 is 11.8 Å². The molecule has 1 unspecified atom stereocenters. The third kappa shape index (κ3) is 3.57. The van der Waals surface area contributed by atoms with Gasteiger partial charge in [0.1, 0.15) is 0 Å². The fourth-order valence-corrected chi connectivity index (χ4v) is 5.61. The lowest BCUT2D eigenvalue weighted by Crippen LogP contribution is -2.61. The molecule has 0 N–H and O–H groups in total. The Morgan fingerprint density at radius 2 is 1.64 bits per heavy atom. The minimum atomic E-state index is -0.0180. The van der Waals surface area contributed by atoms with Gasteiger partial charge >= 0.3 is 0 Å². The standard InChI is InChI=1S/C23H33N3O2/c1-18-7-5-8-19(17-18)21(27)26-15-10-23(11-16-26)9-6-12-24(2)20(23)22(28)25-13-3-4-14-25/h5,7-8,17,20H,3-4,6,9-16H2,1-2H3. The summed E-state index contributed by atoms with van der Waals surface area (Å²) in [4.78, 5) is 32.7. The highest BCUT2D eigenvalue weighted by Crippen LogP contribution is 2.45. The third-order valence-corrected chi connectivity index (χ3v) is 7.17. The molecule has 0 saturated carbocycles. The first-order valence-corrected chi connectivity index (χ1v) is 10.9. The maximum absolute atomic E-state index is 13.4. The second-order valence-electron chi connectivity index (χ2n) is 9.04. The molecule has 1 aromatic rings. The smallest absolute Gasteiger partial charge is 0.253 e. The van der Waals surface area contributed by atoms with Crippen molar-refractivity contribution in [3.63, 3.8) is 0 Å². The summed E-state index contributed by atoms with van der Waals surface area (Å²) in [6.07, 6.45) is 6.38. The predicted molar refractivity (Wildman–Crippen MR) is 110 cm³/mol. The van der Waals surface area contributed by atoms with Crippen LogP contribution in [0.4, 0.5) is 0 Å². The van der Waals surface area contributed by atoms with E-state index in [1.807, 2.05) is 36.1 Å². The molecule has 152 valence electrons. The summed E-state index contributed by atoms with van der Waals surface area (Å²) in [6, 6.07) is 7.84. The van der Waals surface area contributed by atoms with Gasteiger partial charge in [-0.3, -0.25) is 14.5 Å². The summed E-state index contributed by atoms with van der Waals surface area (Å²) in [5, 5.41) is 0. The van der Waals surface area contributed by atoms with Crippen molar-refractivity contribution in [3.8, 4) is 0 Å². The van der Waals surface area contributed by atoms with Gasteiger partial charge in [-0.15, -0.1) is 0 Å². The molecule has 0 radical (unpaired) electrons. The summed E-state index contributed by atoms with van der Waals surface area (Å²) in [7, 11) is 2.11. The van der Waals surface area contributed by atoms with Crippen LogP contribution in [-0.2, 0) is 4.79 Å². The van der Waals surface area contributed by atoms with E-state index in [0.717, 1.165) is 82.4 Å². The van der Waals surface area contributed by atoms with Crippen LogP contribution in [0.3, 0.4) is 0 Å². The molecule has 3 saturated heterocycles. The Morgan fingerprint density at radius 3 is 2.32 bits per heavy atom. The summed E-state index contributed by atoms with van der Waals surface area (Å²) in [5.74, 6) is 0.461. The maximum Gasteiger partial charge on any atom is 0.253 e. The number of hydrogen-bond donors (Lipinski definition) is 0. The zero-order valence-corrected chi connectivity index (χ0v) is 17.3. The molecule has 5 heteroatoms. The number of aryl methyl sites for hydroxylation is 1. The molecule has 3 fully saturated rings. The summed E-state index contributed by atoms with van der Waals surface area (Å²) in [6.45, 7) is 6.36. The largest absolute Gasteiger partial charge is 0.341 e. The lowest BCUT2D eigenvalue weighted by atomic mass is 9.66. The lowest BCUT2D eigenvalue weighted by Gasteiger charge is -2.52. The number of likely N-dealkylation sites (N-methyl/N-ethyl adjacent to an activating group) is 1. The summed E-state index contributed by atoms with van der Waals surface area (Å²) >= 11 is 0. The topological polar surface area (TPSA) is 43.9 Å². The molecule has 1 atom stereocenters. The van der Waals surface area contributed by atoms with Crippen molar-refractivity contribution in [2.45, 2.75) is 51.5 Å². The number of rotatable bonds is 2. The number of carbonyl (C=O) groups is 2. The molecule has 5 nitrogen and oxygen atoms in total. The molecule has 3 aliphatic heterocycles. The highest BCUT2D eigenvalue weighted by molar-refractivity contribution is 5.94. The quantitative estimate of drug-likeness (QED) is 0.789. The Labute approximate surface area is 168 Å². The molecule has 2 amide bonds. The second-order valence-corrected chi connectivity index (χ2v) is 9.04. The molecular weight excluding hydrogens is 350 g/mol. The zero-order valence-electron chi connectivity index (χ0n) is 17.3. The van der Waals surface area contributed by atoms with E-state index in [0.29, 0.717) is 5.91 Å². The van der Waals surface area contributed by atoms with Crippen LogP contribution in [0.5, 0.6) is 0 Å². The van der Waals surface area contributed by atoms with E-state index < -0.39 is 0 Å². The molecule has 4 rings (SSSR count). The van der Waals surface area contributed by atoms with Crippen molar-refractivity contribution < 1.29 is 9.59 Å². The van der Waals surface area contributed by atoms with E-state index in [9.17, 15) is 9.59 Å². The van der Waals surface area contributed by atoms with Gasteiger partial charge in [0.25, 0.3) is 5.91 Å². The number of carbonyl (C=O) groups excluding carboxylic acids is 2. The average Bonchev–Trinajstić information content (AvgIpc) is 3.23.